The molecule has 2 aliphatic carbocycles. The number of alkyl halides is 3. The molecule has 110 valence electrons. The van der Waals surface area contributed by atoms with Crippen molar-refractivity contribution in [2.24, 2.45) is 5.92 Å². The van der Waals surface area contributed by atoms with Crippen molar-refractivity contribution in [3.8, 4) is 0 Å². The lowest BCUT2D eigenvalue weighted by atomic mass is 10.3. The Hall–Kier alpha value is -1.53. The van der Waals surface area contributed by atoms with Gasteiger partial charge in [0.2, 0.25) is 5.95 Å². The van der Waals surface area contributed by atoms with Crippen LogP contribution in [-0.4, -0.2) is 29.6 Å². The quantitative estimate of drug-likeness (QED) is 0.903. The minimum Gasteiger partial charge on any atom is -0.357 e. The van der Waals surface area contributed by atoms with Gasteiger partial charge in [-0.25, -0.2) is 4.98 Å². The Morgan fingerprint density at radius 2 is 1.95 bits per heavy atom. The molecular weight excluding hydrogens is 269 g/mol. The molecular formula is C13H17F3N4. The van der Waals surface area contributed by atoms with Crippen LogP contribution in [0.3, 0.4) is 0 Å². The first-order chi connectivity index (χ1) is 9.47. The van der Waals surface area contributed by atoms with Gasteiger partial charge >= 0.3 is 6.18 Å². The largest absolute Gasteiger partial charge is 0.433 e. The van der Waals surface area contributed by atoms with Crippen LogP contribution in [0.4, 0.5) is 24.9 Å². The van der Waals surface area contributed by atoms with Gasteiger partial charge in [0.05, 0.1) is 0 Å². The highest BCUT2D eigenvalue weighted by Crippen LogP contribution is 2.38. The van der Waals surface area contributed by atoms with E-state index < -0.39 is 11.9 Å². The minimum absolute atomic E-state index is 0.0243. The summed E-state index contributed by atoms with van der Waals surface area (Å²) in [6, 6.07) is 1.41. The monoisotopic (exact) mass is 286 g/mol. The van der Waals surface area contributed by atoms with Gasteiger partial charge in [-0.1, -0.05) is 0 Å². The summed E-state index contributed by atoms with van der Waals surface area (Å²) >= 11 is 0. The van der Waals surface area contributed by atoms with Gasteiger partial charge in [-0.2, -0.15) is 18.2 Å². The molecule has 2 fully saturated rings. The summed E-state index contributed by atoms with van der Waals surface area (Å²) in [6.07, 6.45) is -0.0450. The first kappa shape index (κ1) is 13.5. The van der Waals surface area contributed by atoms with Crippen molar-refractivity contribution in [2.45, 2.75) is 37.9 Å². The zero-order chi connectivity index (χ0) is 14.3. The maximum atomic E-state index is 12.9. The predicted octanol–water partition coefficient (Wildman–Crippen LogP) is 2.92. The SMILES string of the molecule is CNc1nc(N(CC2CC2)C2CC2)cc(C(F)(F)F)n1. The molecule has 0 bridgehead atoms. The van der Waals surface area contributed by atoms with Gasteiger partial charge in [-0.3, -0.25) is 0 Å². The number of aromatic nitrogens is 2. The summed E-state index contributed by atoms with van der Waals surface area (Å²) in [5.41, 5.74) is -0.881. The average Bonchev–Trinajstić information content (AvgIpc) is 3.26. The molecule has 1 N–H and O–H groups in total. The van der Waals surface area contributed by atoms with Gasteiger partial charge in [0, 0.05) is 25.7 Å². The average molecular weight is 286 g/mol. The Bertz CT molecular complexity index is 495. The van der Waals surface area contributed by atoms with Crippen LogP contribution in [-0.2, 0) is 6.18 Å². The highest BCUT2D eigenvalue weighted by atomic mass is 19.4. The maximum absolute atomic E-state index is 12.9. The minimum atomic E-state index is -4.45. The Balaban J connectivity index is 1.92. The lowest BCUT2D eigenvalue weighted by Crippen LogP contribution is -2.29. The number of rotatable bonds is 5. The third-order valence-corrected chi connectivity index (χ3v) is 3.66. The number of nitrogens with zero attached hydrogens (tertiary/aromatic N) is 3. The fraction of sp³-hybridized carbons (Fsp3) is 0.692. The smallest absolute Gasteiger partial charge is 0.357 e. The topological polar surface area (TPSA) is 41.1 Å². The van der Waals surface area contributed by atoms with Crippen molar-refractivity contribution < 1.29 is 13.2 Å². The third-order valence-electron chi connectivity index (χ3n) is 3.66. The second-order valence-corrected chi connectivity index (χ2v) is 5.51. The molecule has 7 heteroatoms. The Morgan fingerprint density at radius 3 is 2.45 bits per heavy atom. The van der Waals surface area contributed by atoms with Crippen LogP contribution in [0.2, 0.25) is 0 Å². The molecule has 0 amide bonds. The van der Waals surface area contributed by atoms with E-state index in [1.165, 1.54) is 19.9 Å². The number of hydrogen-bond donors (Lipinski definition) is 1. The molecule has 1 aromatic heterocycles. The highest BCUT2D eigenvalue weighted by molar-refractivity contribution is 5.47. The predicted molar refractivity (Wildman–Crippen MR) is 69.7 cm³/mol. The molecule has 0 atom stereocenters. The standard InChI is InChI=1S/C13H17F3N4/c1-17-12-18-10(13(14,15)16)6-11(19-12)20(9-4-5-9)7-8-2-3-8/h6,8-9H,2-5,7H2,1H3,(H,17,18,19). The second kappa shape index (κ2) is 4.79. The molecule has 3 rings (SSSR count). The fourth-order valence-corrected chi connectivity index (χ4v) is 2.23. The van der Waals surface area contributed by atoms with E-state index >= 15 is 0 Å². The van der Waals surface area contributed by atoms with Crippen LogP contribution >= 0.6 is 0 Å². The summed E-state index contributed by atoms with van der Waals surface area (Å²) in [5, 5.41) is 2.61. The Kier molecular flexibility index (Phi) is 3.22. The molecule has 1 heterocycles. The normalized spacial score (nSPS) is 19.0. The molecule has 0 unspecified atom stereocenters. The van der Waals surface area contributed by atoms with E-state index in [1.54, 1.807) is 0 Å². The Morgan fingerprint density at radius 1 is 1.25 bits per heavy atom. The van der Waals surface area contributed by atoms with Gasteiger partial charge in [-0.15, -0.1) is 0 Å². The number of nitrogens with one attached hydrogen (secondary N) is 1. The molecule has 0 spiro atoms. The zero-order valence-electron chi connectivity index (χ0n) is 11.2. The van der Waals surface area contributed by atoms with Crippen LogP contribution < -0.4 is 10.2 Å². The van der Waals surface area contributed by atoms with Gasteiger partial charge in [0.15, 0.2) is 5.69 Å². The van der Waals surface area contributed by atoms with Gasteiger partial charge in [-0.05, 0) is 31.6 Å². The van der Waals surface area contributed by atoms with Crippen LogP contribution in [0.1, 0.15) is 31.4 Å². The van der Waals surface area contributed by atoms with Crippen molar-refractivity contribution >= 4 is 11.8 Å². The first-order valence-electron chi connectivity index (χ1n) is 6.88. The molecule has 0 aliphatic heterocycles. The zero-order valence-corrected chi connectivity index (χ0v) is 11.2. The van der Waals surface area contributed by atoms with Gasteiger partial charge in [0.1, 0.15) is 5.82 Å². The van der Waals surface area contributed by atoms with E-state index in [0.717, 1.165) is 25.5 Å². The lowest BCUT2D eigenvalue weighted by Gasteiger charge is -2.24. The lowest BCUT2D eigenvalue weighted by molar-refractivity contribution is -0.141. The summed E-state index contributed by atoms with van der Waals surface area (Å²) < 4.78 is 38.7. The number of anilines is 2. The first-order valence-corrected chi connectivity index (χ1v) is 6.88. The second-order valence-electron chi connectivity index (χ2n) is 5.51. The van der Waals surface area contributed by atoms with Gasteiger partial charge in [0.25, 0.3) is 0 Å². The summed E-state index contributed by atoms with van der Waals surface area (Å²) in [4.78, 5) is 9.74. The van der Waals surface area contributed by atoms with Crippen LogP contribution in [0.25, 0.3) is 0 Å². The van der Waals surface area contributed by atoms with E-state index in [-0.39, 0.29) is 5.95 Å². The molecule has 2 saturated carbocycles. The Labute approximate surface area is 115 Å². The van der Waals surface area contributed by atoms with Crippen molar-refractivity contribution in [2.75, 3.05) is 23.8 Å². The van der Waals surface area contributed by atoms with Crippen LogP contribution in [0, 0.1) is 5.92 Å². The number of halogens is 3. The molecule has 0 saturated heterocycles. The third kappa shape index (κ3) is 2.96. The van der Waals surface area contributed by atoms with Crippen molar-refractivity contribution in [3.63, 3.8) is 0 Å². The highest BCUT2D eigenvalue weighted by Gasteiger charge is 2.38. The summed E-state index contributed by atoms with van der Waals surface area (Å²) in [6.45, 7) is 0.808. The van der Waals surface area contributed by atoms with Gasteiger partial charge < -0.3 is 10.2 Å². The van der Waals surface area contributed by atoms with Crippen molar-refractivity contribution in [1.29, 1.82) is 0 Å². The van der Waals surface area contributed by atoms with Crippen LogP contribution in [0.15, 0.2) is 6.07 Å². The molecule has 0 aromatic carbocycles. The number of hydrogen-bond acceptors (Lipinski definition) is 4. The van der Waals surface area contributed by atoms with Crippen molar-refractivity contribution in [3.05, 3.63) is 11.8 Å². The fourth-order valence-electron chi connectivity index (χ4n) is 2.23. The summed E-state index contributed by atoms with van der Waals surface area (Å²) in [5.74, 6) is 1.03. The molecule has 0 radical (unpaired) electrons. The van der Waals surface area contributed by atoms with E-state index in [4.69, 9.17) is 0 Å². The van der Waals surface area contributed by atoms with E-state index in [0.29, 0.717) is 17.8 Å². The summed E-state index contributed by atoms with van der Waals surface area (Å²) in [7, 11) is 1.53. The van der Waals surface area contributed by atoms with Crippen molar-refractivity contribution in [1.82, 2.24) is 9.97 Å². The molecule has 2 aliphatic rings. The van der Waals surface area contributed by atoms with E-state index in [2.05, 4.69) is 15.3 Å². The van der Waals surface area contributed by atoms with E-state index in [9.17, 15) is 13.2 Å². The molecule has 1 aromatic rings. The molecule has 4 nitrogen and oxygen atoms in total. The van der Waals surface area contributed by atoms with Crippen LogP contribution in [0.5, 0.6) is 0 Å². The maximum Gasteiger partial charge on any atom is 0.433 e. The van der Waals surface area contributed by atoms with E-state index in [1.807, 2.05) is 4.90 Å². The molecule has 20 heavy (non-hydrogen) atoms.